The fourth-order valence-corrected chi connectivity index (χ4v) is 3.72. The molecular formula is C18H29N5O2. The monoisotopic (exact) mass is 347 g/mol. The van der Waals surface area contributed by atoms with E-state index in [1.807, 2.05) is 0 Å². The first-order valence-corrected chi connectivity index (χ1v) is 9.42. The Bertz CT molecular complexity index is 639. The van der Waals surface area contributed by atoms with Gasteiger partial charge in [-0.2, -0.15) is 5.10 Å². The molecule has 1 unspecified atom stereocenters. The van der Waals surface area contributed by atoms with Crippen LogP contribution in [0.3, 0.4) is 0 Å². The van der Waals surface area contributed by atoms with Gasteiger partial charge in [0.2, 0.25) is 5.91 Å². The van der Waals surface area contributed by atoms with Crippen LogP contribution in [0.4, 0.5) is 5.69 Å². The molecule has 25 heavy (non-hydrogen) atoms. The summed E-state index contributed by atoms with van der Waals surface area (Å²) in [5.74, 6) is 0.123. The minimum atomic E-state index is -0.120. The SMILES string of the molecule is Cn1ncc(N2CCCC(C(=O)NCCN3CCCCC3)C2)cc1=O. The van der Waals surface area contributed by atoms with Gasteiger partial charge >= 0.3 is 0 Å². The molecule has 3 rings (SSSR count). The molecule has 1 aromatic rings. The standard InChI is InChI=1S/C18H29N5O2/c1-21-17(24)12-16(13-20-21)23-10-5-6-15(14-23)18(25)19-7-11-22-8-3-2-4-9-22/h12-13,15H,2-11,14H2,1H3,(H,19,25). The molecule has 2 aliphatic rings. The van der Waals surface area contributed by atoms with Gasteiger partial charge in [0, 0.05) is 39.3 Å². The summed E-state index contributed by atoms with van der Waals surface area (Å²) in [7, 11) is 1.64. The predicted octanol–water partition coefficient (Wildman–Crippen LogP) is 0.599. The lowest BCUT2D eigenvalue weighted by Crippen LogP contribution is -2.45. The summed E-state index contributed by atoms with van der Waals surface area (Å²) in [6.07, 6.45) is 7.45. The molecule has 2 saturated heterocycles. The van der Waals surface area contributed by atoms with Crippen LogP contribution in [0.5, 0.6) is 0 Å². The number of hydrogen-bond donors (Lipinski definition) is 1. The summed E-state index contributed by atoms with van der Waals surface area (Å²) in [6.45, 7) is 5.51. The molecule has 3 heterocycles. The third-order valence-electron chi connectivity index (χ3n) is 5.29. The molecule has 7 heteroatoms. The van der Waals surface area contributed by atoms with Crippen LogP contribution in [0, 0.1) is 5.92 Å². The summed E-state index contributed by atoms with van der Waals surface area (Å²) >= 11 is 0. The second kappa shape index (κ2) is 8.47. The van der Waals surface area contributed by atoms with E-state index in [1.54, 1.807) is 19.3 Å². The lowest BCUT2D eigenvalue weighted by atomic mass is 9.97. The minimum absolute atomic E-state index is 0.0147. The molecule has 7 nitrogen and oxygen atoms in total. The average Bonchev–Trinajstić information content (AvgIpc) is 2.65. The van der Waals surface area contributed by atoms with Crippen molar-refractivity contribution in [2.45, 2.75) is 32.1 Å². The first kappa shape index (κ1) is 17.9. The lowest BCUT2D eigenvalue weighted by molar-refractivity contribution is -0.125. The average molecular weight is 347 g/mol. The molecule has 0 spiro atoms. The summed E-state index contributed by atoms with van der Waals surface area (Å²) in [5, 5.41) is 7.18. The van der Waals surface area contributed by atoms with Gasteiger partial charge in [0.1, 0.15) is 0 Å². The van der Waals surface area contributed by atoms with Gasteiger partial charge in [-0.3, -0.25) is 9.59 Å². The van der Waals surface area contributed by atoms with Crippen LogP contribution in [-0.4, -0.2) is 59.9 Å². The Labute approximate surface area is 149 Å². The maximum atomic E-state index is 12.5. The molecule has 0 aromatic carbocycles. The summed E-state index contributed by atoms with van der Waals surface area (Å²) in [6, 6.07) is 1.60. The van der Waals surface area contributed by atoms with Gasteiger partial charge in [-0.1, -0.05) is 6.42 Å². The molecule has 0 bridgehead atoms. The number of aromatic nitrogens is 2. The van der Waals surface area contributed by atoms with Crippen LogP contribution < -0.4 is 15.8 Å². The molecule has 1 amide bonds. The quantitative estimate of drug-likeness (QED) is 0.845. The summed E-state index contributed by atoms with van der Waals surface area (Å²) in [5.41, 5.74) is 0.694. The lowest BCUT2D eigenvalue weighted by Gasteiger charge is -2.33. The van der Waals surface area contributed by atoms with Crippen molar-refractivity contribution in [2.24, 2.45) is 13.0 Å². The Morgan fingerprint density at radius 2 is 2.04 bits per heavy atom. The van der Waals surface area contributed by atoms with Crippen LogP contribution in [0.1, 0.15) is 32.1 Å². The number of likely N-dealkylation sites (tertiary alicyclic amines) is 1. The molecule has 0 radical (unpaired) electrons. The largest absolute Gasteiger partial charge is 0.369 e. The number of hydrogen-bond acceptors (Lipinski definition) is 5. The highest BCUT2D eigenvalue weighted by Gasteiger charge is 2.26. The van der Waals surface area contributed by atoms with E-state index >= 15 is 0 Å². The van der Waals surface area contributed by atoms with Crippen molar-refractivity contribution in [3.05, 3.63) is 22.6 Å². The van der Waals surface area contributed by atoms with Gasteiger partial charge < -0.3 is 15.1 Å². The van der Waals surface area contributed by atoms with E-state index in [-0.39, 0.29) is 17.4 Å². The van der Waals surface area contributed by atoms with Crippen molar-refractivity contribution in [3.8, 4) is 0 Å². The van der Waals surface area contributed by atoms with E-state index in [9.17, 15) is 9.59 Å². The number of anilines is 1. The highest BCUT2D eigenvalue weighted by Crippen LogP contribution is 2.21. The smallest absolute Gasteiger partial charge is 0.268 e. The molecule has 2 aliphatic heterocycles. The molecule has 0 saturated carbocycles. The highest BCUT2D eigenvalue weighted by atomic mass is 16.2. The van der Waals surface area contributed by atoms with E-state index < -0.39 is 0 Å². The van der Waals surface area contributed by atoms with Crippen molar-refractivity contribution in [2.75, 3.05) is 44.2 Å². The number of piperidine rings is 2. The van der Waals surface area contributed by atoms with E-state index in [0.717, 1.165) is 51.3 Å². The van der Waals surface area contributed by atoms with Gasteiger partial charge in [0.05, 0.1) is 17.8 Å². The third kappa shape index (κ3) is 4.81. The van der Waals surface area contributed by atoms with Gasteiger partial charge in [-0.25, -0.2) is 4.68 Å². The first-order valence-electron chi connectivity index (χ1n) is 9.42. The zero-order valence-corrected chi connectivity index (χ0v) is 15.1. The molecule has 0 aliphatic carbocycles. The fraction of sp³-hybridized carbons (Fsp3) is 0.722. The minimum Gasteiger partial charge on any atom is -0.369 e. The third-order valence-corrected chi connectivity index (χ3v) is 5.29. The number of nitrogens with one attached hydrogen (secondary N) is 1. The van der Waals surface area contributed by atoms with Gasteiger partial charge in [0.25, 0.3) is 5.56 Å². The van der Waals surface area contributed by atoms with Crippen LogP contribution in [0.15, 0.2) is 17.1 Å². The van der Waals surface area contributed by atoms with Crippen molar-refractivity contribution in [1.29, 1.82) is 0 Å². The molecule has 2 fully saturated rings. The topological polar surface area (TPSA) is 70.5 Å². The first-order chi connectivity index (χ1) is 12.1. The van der Waals surface area contributed by atoms with Gasteiger partial charge in [-0.15, -0.1) is 0 Å². The zero-order valence-electron chi connectivity index (χ0n) is 15.1. The molecule has 1 N–H and O–H groups in total. The number of nitrogens with zero attached hydrogens (tertiary/aromatic N) is 4. The molecule has 1 aromatic heterocycles. The Balaban J connectivity index is 1.49. The number of carbonyl (C=O) groups is 1. The van der Waals surface area contributed by atoms with Crippen LogP contribution >= 0.6 is 0 Å². The Hall–Kier alpha value is -1.89. The molecular weight excluding hydrogens is 318 g/mol. The van der Waals surface area contributed by atoms with Crippen molar-refractivity contribution in [1.82, 2.24) is 20.0 Å². The van der Waals surface area contributed by atoms with Crippen LogP contribution in [0.25, 0.3) is 0 Å². The van der Waals surface area contributed by atoms with E-state index in [2.05, 4.69) is 20.2 Å². The molecule has 1 atom stereocenters. The van der Waals surface area contributed by atoms with Gasteiger partial charge in [-0.05, 0) is 38.8 Å². The number of amides is 1. The Morgan fingerprint density at radius 3 is 2.80 bits per heavy atom. The summed E-state index contributed by atoms with van der Waals surface area (Å²) in [4.78, 5) is 28.8. The summed E-state index contributed by atoms with van der Waals surface area (Å²) < 4.78 is 1.32. The van der Waals surface area contributed by atoms with Crippen molar-refractivity contribution in [3.63, 3.8) is 0 Å². The maximum Gasteiger partial charge on any atom is 0.268 e. The van der Waals surface area contributed by atoms with Crippen molar-refractivity contribution >= 4 is 11.6 Å². The predicted molar refractivity (Wildman–Crippen MR) is 97.7 cm³/mol. The highest BCUT2D eigenvalue weighted by molar-refractivity contribution is 5.79. The van der Waals surface area contributed by atoms with E-state index in [1.165, 1.54) is 23.9 Å². The number of rotatable bonds is 5. The molecule has 138 valence electrons. The number of carbonyl (C=O) groups excluding carboxylic acids is 1. The normalized spacial score (nSPS) is 22.0. The number of aryl methyl sites for hydroxylation is 1. The Morgan fingerprint density at radius 1 is 1.24 bits per heavy atom. The fourth-order valence-electron chi connectivity index (χ4n) is 3.72. The second-order valence-corrected chi connectivity index (χ2v) is 7.15. The maximum absolute atomic E-state index is 12.5. The van der Waals surface area contributed by atoms with E-state index in [4.69, 9.17) is 0 Å². The van der Waals surface area contributed by atoms with E-state index in [0.29, 0.717) is 6.54 Å². The second-order valence-electron chi connectivity index (χ2n) is 7.15. The Kier molecular flexibility index (Phi) is 6.07. The van der Waals surface area contributed by atoms with Crippen LogP contribution in [0.2, 0.25) is 0 Å². The van der Waals surface area contributed by atoms with Crippen molar-refractivity contribution < 1.29 is 4.79 Å². The zero-order chi connectivity index (χ0) is 17.6. The van der Waals surface area contributed by atoms with Gasteiger partial charge in [0.15, 0.2) is 0 Å². The van der Waals surface area contributed by atoms with Crippen LogP contribution in [-0.2, 0) is 11.8 Å².